The van der Waals surface area contributed by atoms with Crippen molar-refractivity contribution in [2.75, 3.05) is 5.32 Å². The lowest BCUT2D eigenvalue weighted by Gasteiger charge is -2.21. The zero-order valence-corrected chi connectivity index (χ0v) is 15.7. The third kappa shape index (κ3) is 5.34. The van der Waals surface area contributed by atoms with E-state index in [1.165, 1.54) is 0 Å². The van der Waals surface area contributed by atoms with Crippen molar-refractivity contribution >= 4 is 17.5 Å². The van der Waals surface area contributed by atoms with Gasteiger partial charge in [0.15, 0.2) is 0 Å². The van der Waals surface area contributed by atoms with Crippen molar-refractivity contribution < 1.29 is 14.7 Å². The standard InChI is InChI=1S/C21H26N2O3/c1-14-16(20(26)23-21(2,3)4)9-7-10-17(14)22-19(25)13-12-15-8-5-6-11-18(15)24/h5-11,24H,12-13H2,1-4H3,(H,22,25)(H,23,26). The first-order valence-corrected chi connectivity index (χ1v) is 8.66. The molecule has 0 radical (unpaired) electrons. The first kappa shape index (κ1) is 19.5. The topological polar surface area (TPSA) is 78.4 Å². The summed E-state index contributed by atoms with van der Waals surface area (Å²) in [6.45, 7) is 7.58. The number of anilines is 1. The number of hydrogen-bond acceptors (Lipinski definition) is 3. The van der Waals surface area contributed by atoms with E-state index < -0.39 is 0 Å². The maximum Gasteiger partial charge on any atom is 0.252 e. The van der Waals surface area contributed by atoms with Crippen LogP contribution in [-0.2, 0) is 11.2 Å². The van der Waals surface area contributed by atoms with Crippen LogP contribution in [0.3, 0.4) is 0 Å². The highest BCUT2D eigenvalue weighted by Crippen LogP contribution is 2.21. The van der Waals surface area contributed by atoms with Crippen LogP contribution in [0.2, 0.25) is 0 Å². The molecule has 0 saturated heterocycles. The molecule has 0 saturated carbocycles. The number of nitrogens with one attached hydrogen (secondary N) is 2. The SMILES string of the molecule is Cc1c(NC(=O)CCc2ccccc2O)cccc1C(=O)NC(C)(C)C. The summed E-state index contributed by atoms with van der Waals surface area (Å²) < 4.78 is 0. The molecule has 2 aromatic carbocycles. The number of amides is 2. The summed E-state index contributed by atoms with van der Waals surface area (Å²) in [5, 5.41) is 15.6. The van der Waals surface area contributed by atoms with Crippen molar-refractivity contribution in [2.45, 2.75) is 46.1 Å². The highest BCUT2D eigenvalue weighted by Gasteiger charge is 2.18. The zero-order chi connectivity index (χ0) is 19.3. The van der Waals surface area contributed by atoms with Gasteiger partial charge in [0, 0.05) is 23.2 Å². The largest absolute Gasteiger partial charge is 0.508 e. The molecular weight excluding hydrogens is 328 g/mol. The van der Waals surface area contributed by atoms with Gasteiger partial charge in [-0.15, -0.1) is 0 Å². The third-order valence-electron chi connectivity index (χ3n) is 3.95. The molecule has 3 N–H and O–H groups in total. The van der Waals surface area contributed by atoms with Crippen molar-refractivity contribution in [3.8, 4) is 5.75 Å². The molecule has 0 fully saturated rings. The van der Waals surface area contributed by atoms with Crippen molar-refractivity contribution in [1.82, 2.24) is 5.32 Å². The number of carbonyl (C=O) groups is 2. The fraction of sp³-hybridized carbons (Fsp3) is 0.333. The van der Waals surface area contributed by atoms with Gasteiger partial charge in [0.2, 0.25) is 5.91 Å². The van der Waals surface area contributed by atoms with E-state index in [0.717, 1.165) is 11.1 Å². The van der Waals surface area contributed by atoms with Crippen LogP contribution in [0.15, 0.2) is 42.5 Å². The molecule has 26 heavy (non-hydrogen) atoms. The molecule has 2 rings (SSSR count). The molecule has 0 unspecified atom stereocenters. The molecule has 0 heterocycles. The van der Waals surface area contributed by atoms with Crippen LogP contribution < -0.4 is 10.6 Å². The molecule has 0 aliphatic rings. The molecule has 0 atom stereocenters. The summed E-state index contributed by atoms with van der Waals surface area (Å²) in [5.41, 5.74) is 2.29. The van der Waals surface area contributed by atoms with Gasteiger partial charge >= 0.3 is 0 Å². The minimum absolute atomic E-state index is 0.162. The first-order valence-electron chi connectivity index (χ1n) is 8.66. The second-order valence-electron chi connectivity index (χ2n) is 7.36. The highest BCUT2D eigenvalue weighted by atomic mass is 16.3. The molecule has 0 aliphatic carbocycles. The zero-order valence-electron chi connectivity index (χ0n) is 15.7. The van der Waals surface area contributed by atoms with E-state index in [4.69, 9.17) is 0 Å². The van der Waals surface area contributed by atoms with E-state index in [-0.39, 0.29) is 29.5 Å². The average molecular weight is 354 g/mol. The van der Waals surface area contributed by atoms with Gasteiger partial charge in [0.05, 0.1) is 0 Å². The van der Waals surface area contributed by atoms with Gasteiger partial charge in [-0.3, -0.25) is 9.59 Å². The van der Waals surface area contributed by atoms with Crippen molar-refractivity contribution in [1.29, 1.82) is 0 Å². The summed E-state index contributed by atoms with van der Waals surface area (Å²) in [6, 6.07) is 12.3. The summed E-state index contributed by atoms with van der Waals surface area (Å²) in [5.74, 6) is -0.137. The van der Waals surface area contributed by atoms with Crippen molar-refractivity contribution in [3.05, 3.63) is 59.2 Å². The summed E-state index contributed by atoms with van der Waals surface area (Å²) in [4.78, 5) is 24.7. The van der Waals surface area contributed by atoms with Gasteiger partial charge in [-0.05, 0) is 63.4 Å². The number of carbonyl (C=O) groups excluding carboxylic acids is 2. The van der Waals surface area contributed by atoms with E-state index in [2.05, 4.69) is 10.6 Å². The predicted molar refractivity (Wildman–Crippen MR) is 103 cm³/mol. The molecule has 0 aromatic heterocycles. The first-order chi connectivity index (χ1) is 12.2. The third-order valence-corrected chi connectivity index (χ3v) is 3.95. The van der Waals surface area contributed by atoms with Crippen LogP contribution in [-0.4, -0.2) is 22.5 Å². The minimum atomic E-state index is -0.333. The average Bonchev–Trinajstić information content (AvgIpc) is 2.54. The lowest BCUT2D eigenvalue weighted by atomic mass is 10.0. The highest BCUT2D eigenvalue weighted by molar-refractivity contribution is 5.99. The number of hydrogen-bond donors (Lipinski definition) is 3. The quantitative estimate of drug-likeness (QED) is 0.764. The van der Waals surface area contributed by atoms with Gasteiger partial charge in [-0.2, -0.15) is 0 Å². The number of para-hydroxylation sites is 1. The number of rotatable bonds is 5. The van der Waals surface area contributed by atoms with Crippen LogP contribution in [0.5, 0.6) is 5.75 Å². The second kappa shape index (κ2) is 8.04. The van der Waals surface area contributed by atoms with E-state index in [1.807, 2.05) is 33.8 Å². The normalized spacial score (nSPS) is 11.1. The Labute approximate surface area is 154 Å². The van der Waals surface area contributed by atoms with Gasteiger partial charge in [-0.1, -0.05) is 24.3 Å². The monoisotopic (exact) mass is 354 g/mol. The van der Waals surface area contributed by atoms with Crippen LogP contribution in [0, 0.1) is 6.92 Å². The molecular formula is C21H26N2O3. The van der Waals surface area contributed by atoms with E-state index >= 15 is 0 Å². The van der Waals surface area contributed by atoms with E-state index in [9.17, 15) is 14.7 Å². The minimum Gasteiger partial charge on any atom is -0.508 e. The van der Waals surface area contributed by atoms with Gasteiger partial charge in [0.1, 0.15) is 5.75 Å². The van der Waals surface area contributed by atoms with Gasteiger partial charge < -0.3 is 15.7 Å². The van der Waals surface area contributed by atoms with E-state index in [0.29, 0.717) is 17.7 Å². The fourth-order valence-corrected chi connectivity index (χ4v) is 2.61. The molecule has 0 spiro atoms. The molecule has 5 heteroatoms. The Bertz CT molecular complexity index is 807. The van der Waals surface area contributed by atoms with E-state index in [1.54, 1.807) is 36.4 Å². The lowest BCUT2D eigenvalue weighted by Crippen LogP contribution is -2.40. The number of aryl methyl sites for hydroxylation is 1. The van der Waals surface area contributed by atoms with Crippen LogP contribution in [0.25, 0.3) is 0 Å². The summed E-state index contributed by atoms with van der Waals surface area (Å²) >= 11 is 0. The Kier molecular flexibility index (Phi) is 6.03. The smallest absolute Gasteiger partial charge is 0.252 e. The molecule has 2 amide bonds. The van der Waals surface area contributed by atoms with Crippen LogP contribution in [0.4, 0.5) is 5.69 Å². The van der Waals surface area contributed by atoms with Crippen LogP contribution >= 0.6 is 0 Å². The Morgan fingerprint density at radius 2 is 1.73 bits per heavy atom. The number of phenols is 1. The van der Waals surface area contributed by atoms with Crippen molar-refractivity contribution in [3.63, 3.8) is 0 Å². The molecule has 0 aliphatic heterocycles. The van der Waals surface area contributed by atoms with Gasteiger partial charge in [0.25, 0.3) is 5.91 Å². The molecule has 5 nitrogen and oxygen atoms in total. The molecule has 138 valence electrons. The number of phenolic OH excluding ortho intramolecular Hbond substituents is 1. The molecule has 0 bridgehead atoms. The lowest BCUT2D eigenvalue weighted by molar-refractivity contribution is -0.116. The predicted octanol–water partition coefficient (Wildman–Crippen LogP) is 3.80. The Morgan fingerprint density at radius 1 is 1.04 bits per heavy atom. The maximum absolute atomic E-state index is 12.4. The Morgan fingerprint density at radius 3 is 2.38 bits per heavy atom. The summed E-state index contributed by atoms with van der Waals surface area (Å²) in [7, 11) is 0. The second-order valence-corrected chi connectivity index (χ2v) is 7.36. The van der Waals surface area contributed by atoms with Crippen LogP contribution in [0.1, 0.15) is 48.7 Å². The van der Waals surface area contributed by atoms with Crippen molar-refractivity contribution in [2.24, 2.45) is 0 Å². The number of aromatic hydroxyl groups is 1. The fourth-order valence-electron chi connectivity index (χ4n) is 2.61. The Hall–Kier alpha value is -2.82. The Balaban J connectivity index is 2.05. The van der Waals surface area contributed by atoms with Gasteiger partial charge in [-0.25, -0.2) is 0 Å². The molecule has 2 aromatic rings. The summed E-state index contributed by atoms with van der Waals surface area (Å²) in [6.07, 6.45) is 0.692. The maximum atomic E-state index is 12.4. The number of benzene rings is 2.